The van der Waals surface area contributed by atoms with Gasteiger partial charge in [-0.25, -0.2) is 4.79 Å². The molecule has 20 heavy (non-hydrogen) atoms. The molecule has 1 heterocycles. The summed E-state index contributed by atoms with van der Waals surface area (Å²) < 4.78 is 0. The first kappa shape index (κ1) is 16.8. The molecule has 0 aromatic heterocycles. The summed E-state index contributed by atoms with van der Waals surface area (Å²) in [5, 5.41) is 3.01. The van der Waals surface area contributed by atoms with E-state index < -0.39 is 0 Å². The highest BCUT2D eigenvalue weighted by molar-refractivity contribution is 5.87. The van der Waals surface area contributed by atoms with E-state index in [2.05, 4.69) is 24.1 Å². The van der Waals surface area contributed by atoms with Gasteiger partial charge in [-0.3, -0.25) is 9.69 Å². The average molecular weight is 284 g/mol. The molecule has 0 aromatic rings. The molecule has 3 amide bonds. The number of hydrogen-bond acceptors (Lipinski definition) is 3. The highest BCUT2D eigenvalue weighted by Crippen LogP contribution is 2.21. The van der Waals surface area contributed by atoms with Crippen LogP contribution in [0.15, 0.2) is 0 Å². The van der Waals surface area contributed by atoms with Gasteiger partial charge >= 0.3 is 6.03 Å². The van der Waals surface area contributed by atoms with Gasteiger partial charge in [0, 0.05) is 19.1 Å². The molecule has 116 valence electrons. The molecule has 1 fully saturated rings. The first-order valence-corrected chi connectivity index (χ1v) is 7.15. The third kappa shape index (κ3) is 4.10. The highest BCUT2D eigenvalue weighted by atomic mass is 16.2. The van der Waals surface area contributed by atoms with E-state index in [1.807, 2.05) is 27.9 Å². The van der Waals surface area contributed by atoms with Crippen LogP contribution >= 0.6 is 0 Å². The van der Waals surface area contributed by atoms with Crippen LogP contribution in [-0.4, -0.2) is 73.1 Å². The van der Waals surface area contributed by atoms with Gasteiger partial charge in [0.2, 0.25) is 5.91 Å². The number of nitrogens with one attached hydrogen (secondary N) is 1. The molecule has 1 aliphatic heterocycles. The van der Waals surface area contributed by atoms with Crippen molar-refractivity contribution in [1.82, 2.24) is 20.0 Å². The fourth-order valence-electron chi connectivity index (χ4n) is 2.43. The van der Waals surface area contributed by atoms with Crippen molar-refractivity contribution in [3.05, 3.63) is 0 Å². The second-order valence-corrected chi connectivity index (χ2v) is 6.49. The molecule has 0 bridgehead atoms. The molecule has 0 aromatic carbocycles. The normalized spacial score (nSPS) is 17.9. The Bertz CT molecular complexity index is 368. The van der Waals surface area contributed by atoms with Crippen molar-refractivity contribution in [2.24, 2.45) is 5.41 Å². The standard InChI is InChI=1S/C14H28N4O2/c1-7-17-10-18(8-12(17)19)13(20)15-11(2)14(3,4)9-16(5)6/h11H,7-10H2,1-6H3,(H,15,20)/t11-/m0/s1. The van der Waals surface area contributed by atoms with Crippen LogP contribution in [0.3, 0.4) is 0 Å². The fourth-order valence-corrected chi connectivity index (χ4v) is 2.43. The molecule has 1 N–H and O–H groups in total. The molecule has 6 nitrogen and oxygen atoms in total. The molecule has 0 radical (unpaired) electrons. The number of nitrogens with zero attached hydrogens (tertiary/aromatic N) is 3. The number of rotatable bonds is 5. The van der Waals surface area contributed by atoms with Crippen molar-refractivity contribution in [2.75, 3.05) is 40.4 Å². The highest BCUT2D eigenvalue weighted by Gasteiger charge is 2.33. The summed E-state index contributed by atoms with van der Waals surface area (Å²) in [5.74, 6) is 0.0165. The first-order valence-electron chi connectivity index (χ1n) is 7.15. The number of carbonyl (C=O) groups is 2. The zero-order valence-electron chi connectivity index (χ0n) is 13.6. The van der Waals surface area contributed by atoms with Gasteiger partial charge in [-0.1, -0.05) is 13.8 Å². The maximum absolute atomic E-state index is 12.2. The van der Waals surface area contributed by atoms with E-state index in [1.165, 1.54) is 0 Å². The van der Waals surface area contributed by atoms with Crippen LogP contribution < -0.4 is 5.32 Å². The van der Waals surface area contributed by atoms with Gasteiger partial charge in [0.15, 0.2) is 0 Å². The Hall–Kier alpha value is -1.30. The Morgan fingerprint density at radius 2 is 2.05 bits per heavy atom. The smallest absolute Gasteiger partial charge is 0.319 e. The molecular weight excluding hydrogens is 256 g/mol. The largest absolute Gasteiger partial charge is 0.335 e. The average Bonchev–Trinajstić information content (AvgIpc) is 2.68. The Kier molecular flexibility index (Phi) is 5.39. The van der Waals surface area contributed by atoms with Crippen LogP contribution in [0.1, 0.15) is 27.7 Å². The van der Waals surface area contributed by atoms with Gasteiger partial charge in [0.25, 0.3) is 0 Å². The third-order valence-electron chi connectivity index (χ3n) is 3.93. The van der Waals surface area contributed by atoms with E-state index in [1.54, 1.807) is 9.80 Å². The second-order valence-electron chi connectivity index (χ2n) is 6.49. The molecule has 6 heteroatoms. The van der Waals surface area contributed by atoms with Gasteiger partial charge in [-0.05, 0) is 33.4 Å². The number of likely N-dealkylation sites (N-methyl/N-ethyl adjacent to an activating group) is 1. The second kappa shape index (κ2) is 6.43. The Morgan fingerprint density at radius 3 is 2.50 bits per heavy atom. The fraction of sp³-hybridized carbons (Fsp3) is 0.857. The third-order valence-corrected chi connectivity index (χ3v) is 3.93. The summed E-state index contributed by atoms with van der Waals surface area (Å²) >= 11 is 0. The van der Waals surface area contributed by atoms with Gasteiger partial charge < -0.3 is 15.1 Å². The van der Waals surface area contributed by atoms with Crippen molar-refractivity contribution >= 4 is 11.9 Å². The quantitative estimate of drug-likeness (QED) is 0.812. The number of carbonyl (C=O) groups excluding carboxylic acids is 2. The molecule has 0 saturated carbocycles. The van der Waals surface area contributed by atoms with Crippen LogP contribution in [0.2, 0.25) is 0 Å². The molecule has 0 unspecified atom stereocenters. The van der Waals surface area contributed by atoms with Gasteiger partial charge in [-0.15, -0.1) is 0 Å². The molecule has 1 atom stereocenters. The molecular formula is C14H28N4O2. The summed E-state index contributed by atoms with van der Waals surface area (Å²) in [6.07, 6.45) is 0. The minimum Gasteiger partial charge on any atom is -0.335 e. The maximum atomic E-state index is 12.2. The predicted octanol–water partition coefficient (Wildman–Crippen LogP) is 0.794. The number of hydrogen-bond donors (Lipinski definition) is 1. The first-order chi connectivity index (χ1) is 9.17. The molecule has 0 aliphatic carbocycles. The lowest BCUT2D eigenvalue weighted by atomic mass is 9.85. The van der Waals surface area contributed by atoms with Crippen LogP contribution in [0.5, 0.6) is 0 Å². The van der Waals surface area contributed by atoms with Crippen molar-refractivity contribution in [2.45, 2.75) is 33.7 Å². The van der Waals surface area contributed by atoms with Crippen molar-refractivity contribution in [1.29, 1.82) is 0 Å². The number of urea groups is 1. The molecule has 0 spiro atoms. The molecule has 1 saturated heterocycles. The van der Waals surface area contributed by atoms with Gasteiger partial charge in [0.05, 0.1) is 6.67 Å². The Morgan fingerprint density at radius 1 is 1.45 bits per heavy atom. The molecule has 1 rings (SSSR count). The van der Waals surface area contributed by atoms with Crippen molar-refractivity contribution < 1.29 is 9.59 Å². The minimum atomic E-state index is -0.159. The number of amides is 3. The van der Waals surface area contributed by atoms with Crippen LogP contribution in [0.4, 0.5) is 4.79 Å². The van der Waals surface area contributed by atoms with Crippen LogP contribution in [0.25, 0.3) is 0 Å². The van der Waals surface area contributed by atoms with E-state index in [0.717, 1.165) is 6.54 Å². The predicted molar refractivity (Wildman–Crippen MR) is 79.3 cm³/mol. The van der Waals surface area contributed by atoms with Gasteiger partial charge in [-0.2, -0.15) is 0 Å². The van der Waals surface area contributed by atoms with Gasteiger partial charge in [0.1, 0.15) is 6.54 Å². The van der Waals surface area contributed by atoms with E-state index in [-0.39, 0.29) is 29.9 Å². The topological polar surface area (TPSA) is 55.9 Å². The summed E-state index contributed by atoms with van der Waals surface area (Å²) in [4.78, 5) is 29.2. The molecule has 1 aliphatic rings. The summed E-state index contributed by atoms with van der Waals surface area (Å²) in [6, 6.07) is -0.128. The Labute approximate surface area is 122 Å². The monoisotopic (exact) mass is 284 g/mol. The van der Waals surface area contributed by atoms with Crippen LogP contribution in [0, 0.1) is 5.41 Å². The van der Waals surface area contributed by atoms with Crippen molar-refractivity contribution in [3.8, 4) is 0 Å². The zero-order valence-corrected chi connectivity index (χ0v) is 13.6. The van der Waals surface area contributed by atoms with Crippen molar-refractivity contribution in [3.63, 3.8) is 0 Å². The van der Waals surface area contributed by atoms with Crippen LogP contribution in [-0.2, 0) is 4.79 Å². The Balaban J connectivity index is 2.56. The van der Waals surface area contributed by atoms with E-state index in [9.17, 15) is 9.59 Å². The summed E-state index contributed by atoms with van der Waals surface area (Å²) in [7, 11) is 4.04. The lowest BCUT2D eigenvalue weighted by Crippen LogP contribution is -2.51. The summed E-state index contributed by atoms with van der Waals surface area (Å²) in [5.41, 5.74) is -0.0344. The van der Waals surface area contributed by atoms with E-state index in [0.29, 0.717) is 13.2 Å². The SMILES string of the molecule is CCN1CN(C(=O)N[C@@H](C)C(C)(C)CN(C)C)CC1=O. The minimum absolute atomic E-state index is 0.0165. The lowest BCUT2D eigenvalue weighted by Gasteiger charge is -2.35. The van der Waals surface area contributed by atoms with E-state index >= 15 is 0 Å². The lowest BCUT2D eigenvalue weighted by molar-refractivity contribution is -0.126. The maximum Gasteiger partial charge on any atom is 0.319 e. The van der Waals surface area contributed by atoms with E-state index in [4.69, 9.17) is 0 Å². The summed E-state index contributed by atoms with van der Waals surface area (Å²) in [6.45, 7) is 10.3. The zero-order chi connectivity index (χ0) is 15.5.